The molecule has 2 rings (SSSR count). The second-order valence-electron chi connectivity index (χ2n) is 4.69. The lowest BCUT2D eigenvalue weighted by Gasteiger charge is -2.08. The summed E-state index contributed by atoms with van der Waals surface area (Å²) in [6.45, 7) is 2.35. The molecule has 0 aliphatic heterocycles. The maximum absolute atomic E-state index is 11.8. The van der Waals surface area contributed by atoms with Gasteiger partial charge in [-0.25, -0.2) is 0 Å². The van der Waals surface area contributed by atoms with Crippen LogP contribution in [0.25, 0.3) is 0 Å². The topological polar surface area (TPSA) is 47.6 Å². The van der Waals surface area contributed by atoms with Gasteiger partial charge in [-0.15, -0.1) is 0 Å². The van der Waals surface area contributed by atoms with E-state index in [0.29, 0.717) is 13.0 Å². The highest BCUT2D eigenvalue weighted by Gasteiger charge is 2.03. The van der Waals surface area contributed by atoms with Crippen LogP contribution in [-0.2, 0) is 4.79 Å². The van der Waals surface area contributed by atoms with E-state index >= 15 is 0 Å². The van der Waals surface area contributed by atoms with Crippen molar-refractivity contribution in [3.05, 3.63) is 54.1 Å². The van der Waals surface area contributed by atoms with Crippen LogP contribution >= 0.6 is 0 Å². The molecule has 0 aromatic heterocycles. The molecular weight excluding hydrogens is 266 g/mol. The van der Waals surface area contributed by atoms with E-state index in [4.69, 9.17) is 9.47 Å². The molecule has 1 N–H and O–H groups in total. The summed E-state index contributed by atoms with van der Waals surface area (Å²) in [7, 11) is 1.62. The highest BCUT2D eigenvalue weighted by Crippen LogP contribution is 2.17. The van der Waals surface area contributed by atoms with Gasteiger partial charge >= 0.3 is 0 Å². The zero-order valence-corrected chi connectivity index (χ0v) is 12.3. The normalized spacial score (nSPS) is 10.0. The molecule has 0 aliphatic rings. The molecule has 0 spiro atoms. The zero-order chi connectivity index (χ0) is 15.1. The van der Waals surface area contributed by atoms with Gasteiger partial charge in [0.1, 0.15) is 11.5 Å². The first-order valence-corrected chi connectivity index (χ1v) is 6.81. The van der Waals surface area contributed by atoms with Crippen LogP contribution in [0.3, 0.4) is 0 Å². The first kappa shape index (κ1) is 14.9. The van der Waals surface area contributed by atoms with E-state index in [1.54, 1.807) is 7.11 Å². The molecule has 21 heavy (non-hydrogen) atoms. The monoisotopic (exact) mass is 285 g/mol. The molecule has 110 valence electrons. The van der Waals surface area contributed by atoms with Crippen molar-refractivity contribution in [1.29, 1.82) is 0 Å². The lowest BCUT2D eigenvalue weighted by atomic mass is 10.2. The fourth-order valence-electron chi connectivity index (χ4n) is 1.79. The Morgan fingerprint density at radius 3 is 2.24 bits per heavy atom. The van der Waals surface area contributed by atoms with Gasteiger partial charge in [-0.05, 0) is 43.3 Å². The van der Waals surface area contributed by atoms with Gasteiger partial charge in [-0.1, -0.05) is 17.7 Å². The predicted molar refractivity (Wildman–Crippen MR) is 82.9 cm³/mol. The van der Waals surface area contributed by atoms with Crippen LogP contribution in [0.4, 0.5) is 5.69 Å². The summed E-state index contributed by atoms with van der Waals surface area (Å²) in [5.41, 5.74) is 1.96. The molecule has 0 fully saturated rings. The van der Waals surface area contributed by atoms with Gasteiger partial charge in [-0.3, -0.25) is 4.79 Å². The second kappa shape index (κ2) is 7.33. The van der Waals surface area contributed by atoms with E-state index in [-0.39, 0.29) is 5.91 Å². The first-order chi connectivity index (χ1) is 10.2. The van der Waals surface area contributed by atoms with Gasteiger partial charge in [-0.2, -0.15) is 0 Å². The fraction of sp³-hybridized carbons (Fsp3) is 0.235. The Bertz CT molecular complexity index is 576. The molecule has 2 aromatic rings. The van der Waals surface area contributed by atoms with E-state index in [1.807, 2.05) is 55.5 Å². The zero-order valence-electron chi connectivity index (χ0n) is 12.3. The van der Waals surface area contributed by atoms with Crippen LogP contribution in [0.15, 0.2) is 48.5 Å². The third-order valence-electron chi connectivity index (χ3n) is 2.99. The number of nitrogens with one attached hydrogen (secondary N) is 1. The van der Waals surface area contributed by atoms with Crippen molar-refractivity contribution in [3.63, 3.8) is 0 Å². The Balaban J connectivity index is 1.74. The number of anilines is 1. The van der Waals surface area contributed by atoms with E-state index in [9.17, 15) is 4.79 Å². The maximum atomic E-state index is 11.8. The number of carbonyl (C=O) groups is 1. The highest BCUT2D eigenvalue weighted by atomic mass is 16.5. The Kier molecular flexibility index (Phi) is 5.21. The van der Waals surface area contributed by atoms with Gasteiger partial charge < -0.3 is 14.8 Å². The SMILES string of the molecule is COc1ccc(OCCC(=O)Nc2ccc(C)cc2)cc1. The first-order valence-electron chi connectivity index (χ1n) is 6.81. The van der Waals surface area contributed by atoms with Crippen molar-refractivity contribution in [2.45, 2.75) is 13.3 Å². The molecule has 2 aromatic carbocycles. The van der Waals surface area contributed by atoms with E-state index in [2.05, 4.69) is 5.32 Å². The minimum Gasteiger partial charge on any atom is -0.497 e. The number of aryl methyl sites for hydroxylation is 1. The molecule has 4 heteroatoms. The molecule has 0 bridgehead atoms. The Morgan fingerprint density at radius 2 is 1.62 bits per heavy atom. The van der Waals surface area contributed by atoms with Crippen LogP contribution in [0, 0.1) is 6.92 Å². The molecule has 0 saturated carbocycles. The second-order valence-corrected chi connectivity index (χ2v) is 4.69. The lowest BCUT2D eigenvalue weighted by molar-refractivity contribution is -0.116. The van der Waals surface area contributed by atoms with Crippen LogP contribution in [0.5, 0.6) is 11.5 Å². The Hall–Kier alpha value is -2.49. The molecular formula is C17H19NO3. The maximum Gasteiger partial charge on any atom is 0.227 e. The average Bonchev–Trinajstić information content (AvgIpc) is 2.50. The molecule has 0 saturated heterocycles. The summed E-state index contributed by atoms with van der Waals surface area (Å²) in [4.78, 5) is 11.8. The number of ether oxygens (including phenoxy) is 2. The number of carbonyl (C=O) groups excluding carboxylic acids is 1. The minimum atomic E-state index is -0.0626. The fourth-order valence-corrected chi connectivity index (χ4v) is 1.79. The summed E-state index contributed by atoms with van der Waals surface area (Å²) in [5, 5.41) is 2.83. The van der Waals surface area contributed by atoms with Gasteiger partial charge in [0.05, 0.1) is 20.1 Å². The Morgan fingerprint density at radius 1 is 1.00 bits per heavy atom. The summed E-state index contributed by atoms with van der Waals surface area (Å²) in [5.74, 6) is 1.44. The van der Waals surface area contributed by atoms with Crippen LogP contribution in [-0.4, -0.2) is 19.6 Å². The predicted octanol–water partition coefficient (Wildman–Crippen LogP) is 3.41. The van der Waals surface area contributed by atoms with Crippen molar-refractivity contribution >= 4 is 11.6 Å². The van der Waals surface area contributed by atoms with Gasteiger partial charge in [0.25, 0.3) is 0 Å². The third-order valence-corrected chi connectivity index (χ3v) is 2.99. The Labute approximate surface area is 124 Å². The van der Waals surface area contributed by atoms with Crippen LogP contribution < -0.4 is 14.8 Å². The smallest absolute Gasteiger partial charge is 0.227 e. The molecule has 0 aliphatic carbocycles. The van der Waals surface area contributed by atoms with Crippen molar-refractivity contribution in [1.82, 2.24) is 0 Å². The van der Waals surface area contributed by atoms with Crippen LogP contribution in [0.2, 0.25) is 0 Å². The standard InChI is InChI=1S/C17H19NO3/c1-13-3-5-14(6-4-13)18-17(19)11-12-21-16-9-7-15(20-2)8-10-16/h3-10H,11-12H2,1-2H3,(H,18,19). The molecule has 0 atom stereocenters. The van der Waals surface area contributed by atoms with Crippen molar-refractivity contribution in [3.8, 4) is 11.5 Å². The largest absolute Gasteiger partial charge is 0.497 e. The van der Waals surface area contributed by atoms with Crippen molar-refractivity contribution in [2.24, 2.45) is 0 Å². The molecule has 0 heterocycles. The minimum absolute atomic E-state index is 0.0626. The van der Waals surface area contributed by atoms with Gasteiger partial charge in [0.2, 0.25) is 5.91 Å². The van der Waals surface area contributed by atoms with Crippen molar-refractivity contribution < 1.29 is 14.3 Å². The summed E-state index contributed by atoms with van der Waals surface area (Å²) < 4.78 is 10.6. The van der Waals surface area contributed by atoms with Gasteiger partial charge in [0.15, 0.2) is 0 Å². The number of benzene rings is 2. The molecule has 0 radical (unpaired) electrons. The third kappa shape index (κ3) is 4.84. The average molecular weight is 285 g/mol. The number of methoxy groups -OCH3 is 1. The number of amides is 1. The molecule has 4 nitrogen and oxygen atoms in total. The number of hydrogen-bond acceptors (Lipinski definition) is 3. The highest BCUT2D eigenvalue weighted by molar-refractivity contribution is 5.90. The lowest BCUT2D eigenvalue weighted by Crippen LogP contribution is -2.15. The van der Waals surface area contributed by atoms with Crippen molar-refractivity contribution in [2.75, 3.05) is 19.0 Å². The summed E-state index contributed by atoms with van der Waals surface area (Å²) >= 11 is 0. The van der Waals surface area contributed by atoms with E-state index < -0.39 is 0 Å². The summed E-state index contributed by atoms with van der Waals surface area (Å²) in [6.07, 6.45) is 0.305. The van der Waals surface area contributed by atoms with E-state index in [1.165, 1.54) is 0 Å². The van der Waals surface area contributed by atoms with E-state index in [0.717, 1.165) is 22.7 Å². The van der Waals surface area contributed by atoms with Crippen LogP contribution in [0.1, 0.15) is 12.0 Å². The molecule has 1 amide bonds. The quantitative estimate of drug-likeness (QED) is 0.884. The van der Waals surface area contributed by atoms with Gasteiger partial charge in [0, 0.05) is 5.69 Å². The number of rotatable bonds is 6. The summed E-state index contributed by atoms with van der Waals surface area (Å²) in [6, 6.07) is 15.0. The number of hydrogen-bond donors (Lipinski definition) is 1. The molecule has 0 unspecified atom stereocenters.